The first kappa shape index (κ1) is 9.83. The molecule has 4 nitrogen and oxygen atoms in total. The van der Waals surface area contributed by atoms with E-state index in [-0.39, 0.29) is 0 Å². The van der Waals surface area contributed by atoms with Crippen LogP contribution in [0.3, 0.4) is 0 Å². The van der Waals surface area contributed by atoms with Crippen molar-refractivity contribution in [3.05, 3.63) is 30.6 Å². The van der Waals surface area contributed by atoms with Crippen LogP contribution in [0.25, 0.3) is 11.4 Å². The molecule has 0 fully saturated rings. The molecule has 0 amide bonds. The Morgan fingerprint density at radius 2 is 2.20 bits per heavy atom. The van der Waals surface area contributed by atoms with Gasteiger partial charge in [0.15, 0.2) is 0 Å². The molecule has 0 aromatic carbocycles. The summed E-state index contributed by atoms with van der Waals surface area (Å²) >= 11 is 0. The smallest absolute Gasteiger partial charge is 0.131 e. The summed E-state index contributed by atoms with van der Waals surface area (Å²) in [5, 5.41) is 8.15. The van der Waals surface area contributed by atoms with Crippen molar-refractivity contribution < 1.29 is 0 Å². The van der Waals surface area contributed by atoms with Crippen molar-refractivity contribution in [2.45, 2.75) is 26.3 Å². The Balaban J connectivity index is 2.14. The van der Waals surface area contributed by atoms with Gasteiger partial charge in [-0.25, -0.2) is 0 Å². The summed E-state index contributed by atoms with van der Waals surface area (Å²) in [6.07, 6.45) is 6.00. The second-order valence-corrected chi connectivity index (χ2v) is 3.44. The lowest BCUT2D eigenvalue weighted by atomic mass is 10.3. The minimum absolute atomic E-state index is 0.840. The number of rotatable bonds is 4. The van der Waals surface area contributed by atoms with Crippen molar-refractivity contribution in [1.29, 1.82) is 0 Å². The van der Waals surface area contributed by atoms with Crippen LogP contribution in [-0.2, 0) is 6.54 Å². The fourth-order valence-corrected chi connectivity index (χ4v) is 1.36. The maximum atomic E-state index is 4.23. The molecule has 0 aliphatic heterocycles. The minimum atomic E-state index is 0.840. The molecule has 0 radical (unpaired) electrons. The topological polar surface area (TPSA) is 43.6 Å². The maximum absolute atomic E-state index is 4.23. The van der Waals surface area contributed by atoms with E-state index in [4.69, 9.17) is 0 Å². The van der Waals surface area contributed by atoms with Crippen molar-refractivity contribution in [2.75, 3.05) is 0 Å². The zero-order valence-corrected chi connectivity index (χ0v) is 8.80. The Morgan fingerprint density at radius 1 is 1.27 bits per heavy atom. The fourth-order valence-electron chi connectivity index (χ4n) is 1.36. The molecule has 0 N–H and O–H groups in total. The van der Waals surface area contributed by atoms with Gasteiger partial charge in [-0.3, -0.25) is 9.67 Å². The van der Waals surface area contributed by atoms with E-state index >= 15 is 0 Å². The summed E-state index contributed by atoms with van der Waals surface area (Å²) in [7, 11) is 0. The molecular formula is C11H14N4. The molecule has 4 heteroatoms. The van der Waals surface area contributed by atoms with Crippen LogP contribution in [-0.4, -0.2) is 20.0 Å². The predicted molar refractivity (Wildman–Crippen MR) is 58.2 cm³/mol. The van der Waals surface area contributed by atoms with Crippen LogP contribution in [0.1, 0.15) is 19.8 Å². The lowest BCUT2D eigenvalue weighted by Gasteiger charge is -1.95. The van der Waals surface area contributed by atoms with Crippen LogP contribution in [0, 0.1) is 0 Å². The molecular weight excluding hydrogens is 188 g/mol. The molecule has 15 heavy (non-hydrogen) atoms. The summed E-state index contributed by atoms with van der Waals surface area (Å²) in [5.74, 6) is 0. The monoisotopic (exact) mass is 202 g/mol. The first-order valence-electron chi connectivity index (χ1n) is 5.21. The van der Waals surface area contributed by atoms with Gasteiger partial charge in [-0.15, -0.1) is 5.10 Å². The molecule has 78 valence electrons. The molecule has 0 aliphatic rings. The van der Waals surface area contributed by atoms with Gasteiger partial charge in [0, 0.05) is 12.7 Å². The number of hydrogen-bond donors (Lipinski definition) is 0. The van der Waals surface area contributed by atoms with E-state index in [0.717, 1.165) is 24.4 Å². The summed E-state index contributed by atoms with van der Waals surface area (Å²) in [4.78, 5) is 4.23. The summed E-state index contributed by atoms with van der Waals surface area (Å²) < 4.78 is 1.87. The quantitative estimate of drug-likeness (QED) is 0.763. The van der Waals surface area contributed by atoms with Crippen molar-refractivity contribution >= 4 is 0 Å². The van der Waals surface area contributed by atoms with Crippen LogP contribution in [0.2, 0.25) is 0 Å². The SMILES string of the molecule is CCCCn1cc(-c2ccccn2)nn1. The molecule has 0 bridgehead atoms. The lowest BCUT2D eigenvalue weighted by Crippen LogP contribution is -1.97. The fraction of sp³-hybridized carbons (Fsp3) is 0.364. The maximum Gasteiger partial charge on any atom is 0.131 e. The number of aryl methyl sites for hydroxylation is 1. The first-order chi connectivity index (χ1) is 7.40. The highest BCUT2D eigenvalue weighted by Crippen LogP contribution is 2.11. The lowest BCUT2D eigenvalue weighted by molar-refractivity contribution is 0.553. The highest BCUT2D eigenvalue weighted by atomic mass is 15.4. The largest absolute Gasteiger partial charge is 0.254 e. The molecule has 2 aromatic heterocycles. The van der Waals surface area contributed by atoms with Crippen LogP contribution >= 0.6 is 0 Å². The second kappa shape index (κ2) is 4.68. The van der Waals surface area contributed by atoms with Gasteiger partial charge in [0.1, 0.15) is 5.69 Å². The van der Waals surface area contributed by atoms with Gasteiger partial charge in [0.05, 0.1) is 11.9 Å². The Hall–Kier alpha value is -1.71. The third-order valence-electron chi connectivity index (χ3n) is 2.21. The molecule has 2 aromatic rings. The van der Waals surface area contributed by atoms with Crippen LogP contribution in [0.5, 0.6) is 0 Å². The molecule has 0 unspecified atom stereocenters. The Kier molecular flexibility index (Phi) is 3.07. The number of nitrogens with zero attached hydrogens (tertiary/aromatic N) is 4. The van der Waals surface area contributed by atoms with Crippen LogP contribution in [0.4, 0.5) is 0 Å². The van der Waals surface area contributed by atoms with Gasteiger partial charge >= 0.3 is 0 Å². The van der Waals surface area contributed by atoms with Crippen molar-refractivity contribution in [1.82, 2.24) is 20.0 Å². The van der Waals surface area contributed by atoms with E-state index in [1.807, 2.05) is 29.1 Å². The third kappa shape index (κ3) is 2.40. The number of unbranched alkanes of at least 4 members (excludes halogenated alkanes) is 1. The summed E-state index contributed by atoms with van der Waals surface area (Å²) in [5.41, 5.74) is 1.71. The average molecular weight is 202 g/mol. The normalized spacial score (nSPS) is 10.5. The Labute approximate surface area is 89.0 Å². The van der Waals surface area contributed by atoms with Crippen LogP contribution in [0.15, 0.2) is 30.6 Å². The van der Waals surface area contributed by atoms with Crippen molar-refractivity contribution in [3.8, 4) is 11.4 Å². The summed E-state index contributed by atoms with van der Waals surface area (Å²) in [6.45, 7) is 3.09. The van der Waals surface area contributed by atoms with Crippen LogP contribution < -0.4 is 0 Å². The average Bonchev–Trinajstić information content (AvgIpc) is 2.76. The molecule has 0 saturated carbocycles. The number of hydrogen-bond acceptors (Lipinski definition) is 3. The van der Waals surface area contributed by atoms with Gasteiger partial charge in [-0.05, 0) is 18.6 Å². The third-order valence-corrected chi connectivity index (χ3v) is 2.21. The molecule has 0 atom stereocenters. The molecule has 2 heterocycles. The van der Waals surface area contributed by atoms with Gasteiger partial charge in [0.25, 0.3) is 0 Å². The van der Waals surface area contributed by atoms with E-state index in [1.54, 1.807) is 6.20 Å². The summed E-state index contributed by atoms with van der Waals surface area (Å²) in [6, 6.07) is 5.78. The highest BCUT2D eigenvalue weighted by molar-refractivity contribution is 5.51. The zero-order valence-electron chi connectivity index (χ0n) is 8.80. The molecule has 0 spiro atoms. The number of pyridine rings is 1. The van der Waals surface area contributed by atoms with E-state index in [1.165, 1.54) is 6.42 Å². The van der Waals surface area contributed by atoms with Gasteiger partial charge < -0.3 is 0 Å². The van der Waals surface area contributed by atoms with Gasteiger partial charge in [-0.2, -0.15) is 0 Å². The molecule has 0 aliphatic carbocycles. The van der Waals surface area contributed by atoms with E-state index in [0.29, 0.717) is 0 Å². The zero-order chi connectivity index (χ0) is 10.5. The van der Waals surface area contributed by atoms with E-state index < -0.39 is 0 Å². The first-order valence-corrected chi connectivity index (χ1v) is 5.21. The highest BCUT2D eigenvalue weighted by Gasteiger charge is 2.03. The standard InChI is InChI=1S/C11H14N4/c1-2-3-8-15-9-11(13-14-15)10-6-4-5-7-12-10/h4-7,9H,2-3,8H2,1H3. The van der Waals surface area contributed by atoms with Crippen molar-refractivity contribution in [3.63, 3.8) is 0 Å². The second-order valence-electron chi connectivity index (χ2n) is 3.44. The number of aromatic nitrogens is 4. The minimum Gasteiger partial charge on any atom is -0.254 e. The molecule has 2 rings (SSSR count). The Bertz CT molecular complexity index is 408. The van der Waals surface area contributed by atoms with E-state index in [9.17, 15) is 0 Å². The predicted octanol–water partition coefficient (Wildman–Crippen LogP) is 2.14. The van der Waals surface area contributed by atoms with Gasteiger partial charge in [0.2, 0.25) is 0 Å². The molecule has 0 saturated heterocycles. The van der Waals surface area contributed by atoms with E-state index in [2.05, 4.69) is 22.2 Å². The Morgan fingerprint density at radius 3 is 2.93 bits per heavy atom. The van der Waals surface area contributed by atoms with Gasteiger partial charge in [-0.1, -0.05) is 24.6 Å². The van der Waals surface area contributed by atoms with Crippen molar-refractivity contribution in [2.24, 2.45) is 0 Å².